The van der Waals surface area contributed by atoms with Crippen LogP contribution < -0.4 is 24.8 Å². The summed E-state index contributed by atoms with van der Waals surface area (Å²) >= 11 is 0. The van der Waals surface area contributed by atoms with Gasteiger partial charge in [-0.1, -0.05) is 135 Å². The maximum absolute atomic E-state index is 15.4. The van der Waals surface area contributed by atoms with E-state index in [2.05, 4.69) is 10.6 Å². The molecule has 2 heterocycles. The number of amides is 7. The molecule has 0 aromatic heterocycles. The zero-order valence-corrected chi connectivity index (χ0v) is 61.8. The van der Waals surface area contributed by atoms with Gasteiger partial charge in [0.1, 0.15) is 49.2 Å². The van der Waals surface area contributed by atoms with E-state index >= 15 is 14.4 Å². The first-order chi connectivity index (χ1) is 50.2. The van der Waals surface area contributed by atoms with Crippen molar-refractivity contribution in [2.45, 2.75) is 128 Å². The fraction of sp³-hybridized carbons (Fsp3) is 0.432. The number of carbonyl (C=O) groups is 10. The Labute approximate surface area is 613 Å². The predicted molar refractivity (Wildman–Crippen MR) is 393 cm³/mol. The molecule has 3 aliphatic rings. The molecule has 0 unspecified atom stereocenters. The maximum Gasteiger partial charge on any atom is 0.409 e. The summed E-state index contributed by atoms with van der Waals surface area (Å²) in [6.45, 7) is 7.35. The third kappa shape index (κ3) is 20.2. The number of esters is 2. The number of unbranched alkanes of at least 4 members (excludes halogenated alkanes) is 1. The predicted octanol–water partition coefficient (Wildman–Crippen LogP) is 8.97. The average molecular weight is 1440 g/mol. The van der Waals surface area contributed by atoms with Crippen molar-refractivity contribution in [3.8, 4) is 28.4 Å². The van der Waals surface area contributed by atoms with Crippen LogP contribution in [-0.2, 0) is 74.9 Å². The van der Waals surface area contributed by atoms with Gasteiger partial charge >= 0.3 is 18.0 Å². The molecule has 2 aliphatic heterocycles. The quantitative estimate of drug-likeness (QED) is 0.0584. The van der Waals surface area contributed by atoms with Crippen LogP contribution in [-0.4, -0.2) is 208 Å². The smallest absolute Gasteiger partial charge is 0.409 e. The Kier molecular flexibility index (Phi) is 26.7. The van der Waals surface area contributed by atoms with E-state index in [-0.39, 0.29) is 76.6 Å². The number of nitrogens with one attached hydrogen (secondary N) is 2. The number of cyclic esters (lactones) is 2. The van der Waals surface area contributed by atoms with Crippen molar-refractivity contribution in [3.05, 3.63) is 173 Å². The van der Waals surface area contributed by atoms with Gasteiger partial charge in [0, 0.05) is 59.2 Å². The van der Waals surface area contributed by atoms with E-state index in [0.717, 1.165) is 49.6 Å². The minimum absolute atomic E-state index is 0.0275. The molecule has 9 rings (SSSR count). The van der Waals surface area contributed by atoms with Crippen molar-refractivity contribution in [1.29, 1.82) is 0 Å². The van der Waals surface area contributed by atoms with E-state index in [9.17, 15) is 33.6 Å². The molecule has 24 nitrogen and oxygen atoms in total. The average Bonchev–Trinajstić information content (AvgIpc) is 1.65. The molecule has 1 saturated heterocycles. The van der Waals surface area contributed by atoms with E-state index in [1.165, 1.54) is 74.9 Å². The molecule has 6 aromatic carbocycles. The number of ether oxygens (including phenoxy) is 7. The highest BCUT2D eigenvalue weighted by molar-refractivity contribution is 6.38. The second-order valence-corrected chi connectivity index (χ2v) is 28.3. The number of benzene rings is 6. The fourth-order valence-electron chi connectivity index (χ4n) is 13.0. The lowest BCUT2D eigenvalue weighted by atomic mass is 9.87. The van der Waals surface area contributed by atoms with Crippen molar-refractivity contribution in [1.82, 2.24) is 35.1 Å². The zero-order chi connectivity index (χ0) is 75.7. The van der Waals surface area contributed by atoms with Gasteiger partial charge in [-0.25, -0.2) is 14.4 Å². The second kappa shape index (κ2) is 35.7. The molecule has 24 heteroatoms. The van der Waals surface area contributed by atoms with E-state index in [1.54, 1.807) is 57.2 Å². The topological polar surface area (TPSA) is 276 Å². The monoisotopic (exact) mass is 1440 g/mol. The van der Waals surface area contributed by atoms with Crippen LogP contribution in [0.2, 0.25) is 0 Å². The first kappa shape index (κ1) is 78.5. The van der Waals surface area contributed by atoms with Gasteiger partial charge in [-0.3, -0.25) is 33.6 Å². The van der Waals surface area contributed by atoms with Crippen LogP contribution in [0.15, 0.2) is 146 Å². The van der Waals surface area contributed by atoms with Crippen LogP contribution in [0.3, 0.4) is 0 Å². The highest BCUT2D eigenvalue weighted by Crippen LogP contribution is 2.45. The number of hydrogen-bond acceptors (Lipinski definition) is 17. The Bertz CT molecular complexity index is 4140. The Hall–Kier alpha value is -10.6. The van der Waals surface area contributed by atoms with E-state index in [4.69, 9.17) is 33.2 Å². The number of carbonyl (C=O) groups excluding carboxylic acids is 10. The van der Waals surface area contributed by atoms with Gasteiger partial charge < -0.3 is 68.3 Å². The number of fused-ring (bicyclic) bond motifs is 7. The normalized spacial score (nSPS) is 20.7. The van der Waals surface area contributed by atoms with Crippen LogP contribution in [0.25, 0.3) is 21.9 Å². The molecule has 1 aliphatic carbocycles. The molecule has 6 aromatic rings. The highest BCUT2D eigenvalue weighted by atomic mass is 16.6. The number of ketones is 1. The van der Waals surface area contributed by atoms with Crippen LogP contribution in [0.4, 0.5) is 4.79 Å². The third-order valence-electron chi connectivity index (χ3n) is 19.3. The van der Waals surface area contributed by atoms with Crippen LogP contribution in [0.5, 0.6) is 17.2 Å². The van der Waals surface area contributed by atoms with Crippen molar-refractivity contribution in [2.75, 3.05) is 94.5 Å². The number of methoxy groups -OCH3 is 2. The Morgan fingerprint density at radius 1 is 0.676 bits per heavy atom. The molecule has 0 radical (unpaired) electrons. The Morgan fingerprint density at radius 3 is 2.06 bits per heavy atom. The molecular formula is C81H97N7O17. The molecule has 2 bridgehead atoms. The van der Waals surface area contributed by atoms with Crippen molar-refractivity contribution < 1.29 is 81.1 Å². The number of rotatable bonds is 14. The summed E-state index contributed by atoms with van der Waals surface area (Å²) in [5, 5.41) is 7.48. The first-order valence-electron chi connectivity index (χ1n) is 35.6. The number of Topliss-reactive ketones (excluding diaryl/α,β-unsaturated/α-hetero) is 1. The molecule has 0 saturated carbocycles. The third-order valence-corrected chi connectivity index (χ3v) is 19.3. The zero-order valence-electron chi connectivity index (χ0n) is 61.8. The largest absolute Gasteiger partial charge is 0.493 e. The maximum atomic E-state index is 15.4. The van der Waals surface area contributed by atoms with Gasteiger partial charge in [0.2, 0.25) is 29.4 Å². The summed E-state index contributed by atoms with van der Waals surface area (Å²) in [6, 6.07) is 35.7. The second-order valence-electron chi connectivity index (χ2n) is 28.3. The lowest BCUT2D eigenvalue weighted by Crippen LogP contribution is -2.62. The standard InChI is InChI=1S/C81H97N7O17/c1-12-13-31-64-75(94)83-63(43-53-33-36-54-23-14-15-24-55(54)42-53)76(95)86(9)66(49-104-80(2,3)4)74(93)82-46-70(89)84(7)39-21-20-32-72(91)103-51-81(5,6)73(92)77(96)88-41-40-87(79(98)102-48-62-60-29-18-16-27-58(60)59-28-17-19-30-61(59)62)47-65(88)78(97)105-67(37-34-52-35-38-68(99-10)69(44-52)100-11)56-25-22-26-57(45-56)101-50-71(90)85(64)8/h14-20,22-30,32-33,35-36,38,42,44-45,62-67H,12-13,21,31,34,37,39-41,43,46-51H2,1-11H3,(H,82,93)(H,83,94)/b32-20+/t63-,64-,65-,66-,67+/m0/s1. The van der Waals surface area contributed by atoms with Gasteiger partial charge in [-0.15, -0.1) is 0 Å². The van der Waals surface area contributed by atoms with E-state index < -0.39 is 127 Å². The highest BCUT2D eigenvalue weighted by Gasteiger charge is 2.46. The van der Waals surface area contributed by atoms with Gasteiger partial charge in [0.15, 0.2) is 18.1 Å². The minimum atomic E-state index is -1.66. The summed E-state index contributed by atoms with van der Waals surface area (Å²) in [6.07, 6.45) is 2.53. The summed E-state index contributed by atoms with van der Waals surface area (Å²) in [5.41, 5.74) is 3.41. The molecule has 1 fully saturated rings. The fourth-order valence-corrected chi connectivity index (χ4v) is 13.0. The number of nitrogens with zero attached hydrogens (tertiary/aromatic N) is 5. The molecule has 105 heavy (non-hydrogen) atoms. The first-order valence-corrected chi connectivity index (χ1v) is 35.6. The van der Waals surface area contributed by atoms with Crippen molar-refractivity contribution in [3.63, 3.8) is 0 Å². The van der Waals surface area contributed by atoms with Crippen LogP contribution in [0, 0.1) is 5.41 Å². The summed E-state index contributed by atoms with van der Waals surface area (Å²) in [5.74, 6) is -6.28. The van der Waals surface area contributed by atoms with Crippen molar-refractivity contribution >= 4 is 70.0 Å². The van der Waals surface area contributed by atoms with Gasteiger partial charge in [0.25, 0.3) is 11.8 Å². The Balaban J connectivity index is 1.04. The molecule has 2 N–H and O–H groups in total. The number of piperazine rings is 1. The van der Waals surface area contributed by atoms with E-state index in [1.807, 2.05) is 104 Å². The lowest BCUT2D eigenvalue weighted by Gasteiger charge is -2.40. The van der Waals surface area contributed by atoms with Gasteiger partial charge in [-0.05, 0) is 134 Å². The van der Waals surface area contributed by atoms with Crippen LogP contribution in [0.1, 0.15) is 113 Å². The van der Waals surface area contributed by atoms with Crippen molar-refractivity contribution in [2.24, 2.45) is 5.41 Å². The van der Waals surface area contributed by atoms with Gasteiger partial charge in [0.05, 0.1) is 44.9 Å². The Morgan fingerprint density at radius 2 is 1.36 bits per heavy atom. The minimum Gasteiger partial charge on any atom is -0.493 e. The SMILES string of the molecule is CCCC[C@H]1C(=O)N[C@@H](Cc2ccc3ccccc3c2)C(=O)N(C)[C@@H](COC(C)(C)C)C(=O)NCC(=O)N(C)CC/C=C/C(=O)OCC(C)(C)C(=O)C(=O)N2CCN(C(=O)OCC3c4ccccc4-c4ccccc43)C[C@H]2C(=O)O[C@H](CCc2ccc(OC)c(OC)c2)c2cccc(c2)OCC(=O)N1C. The summed E-state index contributed by atoms with van der Waals surface area (Å²) < 4.78 is 41.7. The molecule has 0 spiro atoms. The van der Waals surface area contributed by atoms with Crippen LogP contribution >= 0.6 is 0 Å². The number of aryl methyl sites for hydroxylation is 1. The van der Waals surface area contributed by atoms with E-state index in [0.29, 0.717) is 35.5 Å². The molecule has 5 atom stereocenters. The number of likely N-dealkylation sites (N-methyl/N-ethyl adjacent to an activating group) is 3. The van der Waals surface area contributed by atoms with Gasteiger partial charge in [-0.2, -0.15) is 0 Å². The summed E-state index contributed by atoms with van der Waals surface area (Å²) in [7, 11) is 7.42. The molecule has 558 valence electrons. The summed E-state index contributed by atoms with van der Waals surface area (Å²) in [4.78, 5) is 151. The lowest BCUT2D eigenvalue weighted by molar-refractivity contribution is -0.166. The number of hydrogen-bond donors (Lipinski definition) is 2. The molecule has 7 amide bonds. The molecular weight excluding hydrogens is 1340 g/mol.